The lowest BCUT2D eigenvalue weighted by Gasteiger charge is -2.30. The van der Waals surface area contributed by atoms with Crippen LogP contribution < -0.4 is 4.72 Å². The Morgan fingerprint density at radius 3 is 2.37 bits per heavy atom. The molecule has 0 aliphatic carbocycles. The number of carbonyl (C=O) groups is 1. The molecule has 0 bridgehead atoms. The molecule has 7 heteroatoms. The molecule has 1 aliphatic heterocycles. The summed E-state index contributed by atoms with van der Waals surface area (Å²) >= 11 is 6.22. The molecule has 144 valence electrons. The molecule has 27 heavy (non-hydrogen) atoms. The first-order chi connectivity index (χ1) is 12.8. The number of piperidine rings is 1. The number of anilines is 1. The van der Waals surface area contributed by atoms with Crippen LogP contribution in [0, 0.1) is 12.8 Å². The molecule has 5 nitrogen and oxygen atoms in total. The molecule has 1 N–H and O–H groups in total. The highest BCUT2D eigenvalue weighted by Gasteiger charge is 2.24. The van der Waals surface area contributed by atoms with Crippen LogP contribution >= 0.6 is 11.6 Å². The molecule has 0 saturated carbocycles. The van der Waals surface area contributed by atoms with Crippen molar-refractivity contribution in [1.82, 2.24) is 4.90 Å². The molecular weight excluding hydrogens is 384 g/mol. The van der Waals surface area contributed by atoms with E-state index in [0.717, 1.165) is 18.4 Å². The second-order valence-corrected chi connectivity index (χ2v) is 9.18. The Morgan fingerprint density at radius 2 is 1.74 bits per heavy atom. The lowest BCUT2D eigenvalue weighted by Crippen LogP contribution is -2.38. The summed E-state index contributed by atoms with van der Waals surface area (Å²) in [6.07, 6.45) is 1.92. The van der Waals surface area contributed by atoms with Crippen LogP contribution in [0.25, 0.3) is 0 Å². The molecule has 2 aromatic rings. The summed E-state index contributed by atoms with van der Waals surface area (Å²) in [6, 6.07) is 11.2. The monoisotopic (exact) mass is 406 g/mol. The van der Waals surface area contributed by atoms with Gasteiger partial charge in [-0.3, -0.25) is 9.52 Å². The van der Waals surface area contributed by atoms with E-state index in [0.29, 0.717) is 35.3 Å². The first-order valence-corrected chi connectivity index (χ1v) is 10.8. The maximum Gasteiger partial charge on any atom is 0.261 e. The smallest absolute Gasteiger partial charge is 0.261 e. The van der Waals surface area contributed by atoms with Crippen LogP contribution in [0.3, 0.4) is 0 Å². The summed E-state index contributed by atoms with van der Waals surface area (Å²) in [5.41, 5.74) is 1.60. The van der Waals surface area contributed by atoms with Crippen LogP contribution in [-0.4, -0.2) is 32.3 Å². The Hall–Kier alpha value is -2.05. The molecule has 0 aromatic heterocycles. The van der Waals surface area contributed by atoms with Gasteiger partial charge in [0.1, 0.15) is 0 Å². The van der Waals surface area contributed by atoms with Gasteiger partial charge in [0, 0.05) is 18.8 Å². The number of amides is 1. The van der Waals surface area contributed by atoms with Gasteiger partial charge >= 0.3 is 0 Å². The van der Waals surface area contributed by atoms with E-state index in [4.69, 9.17) is 11.6 Å². The van der Waals surface area contributed by atoms with E-state index < -0.39 is 10.0 Å². The van der Waals surface area contributed by atoms with E-state index in [1.165, 1.54) is 6.07 Å². The van der Waals surface area contributed by atoms with Crippen LogP contribution in [0.4, 0.5) is 5.69 Å². The van der Waals surface area contributed by atoms with Crippen molar-refractivity contribution >= 4 is 33.2 Å². The lowest BCUT2D eigenvalue weighted by molar-refractivity contribution is 0.0697. The summed E-state index contributed by atoms with van der Waals surface area (Å²) in [5.74, 6) is 0.445. The number of hydrogen-bond acceptors (Lipinski definition) is 3. The van der Waals surface area contributed by atoms with Crippen molar-refractivity contribution in [3.05, 3.63) is 58.6 Å². The third-order valence-corrected chi connectivity index (χ3v) is 6.58. The molecular formula is C20H23ClN2O3S. The first-order valence-electron chi connectivity index (χ1n) is 8.94. The van der Waals surface area contributed by atoms with Crippen molar-refractivity contribution < 1.29 is 13.2 Å². The van der Waals surface area contributed by atoms with Gasteiger partial charge in [0.15, 0.2) is 0 Å². The number of halogens is 1. The van der Waals surface area contributed by atoms with Gasteiger partial charge in [-0.05, 0) is 56.0 Å². The van der Waals surface area contributed by atoms with Gasteiger partial charge in [-0.25, -0.2) is 8.42 Å². The summed E-state index contributed by atoms with van der Waals surface area (Å²) in [5, 5.41) is 0.317. The molecule has 0 spiro atoms. The van der Waals surface area contributed by atoms with Crippen molar-refractivity contribution in [3.63, 3.8) is 0 Å². The van der Waals surface area contributed by atoms with Gasteiger partial charge in [-0.15, -0.1) is 0 Å². The van der Waals surface area contributed by atoms with Gasteiger partial charge in [-0.2, -0.15) is 0 Å². The van der Waals surface area contributed by atoms with Crippen LogP contribution in [0.2, 0.25) is 5.02 Å². The maximum atomic E-state index is 12.8. The van der Waals surface area contributed by atoms with Crippen LogP contribution in [0.1, 0.15) is 35.7 Å². The van der Waals surface area contributed by atoms with Crippen molar-refractivity contribution in [2.24, 2.45) is 5.92 Å². The minimum absolute atomic E-state index is 0.164. The van der Waals surface area contributed by atoms with Crippen molar-refractivity contribution in [3.8, 4) is 0 Å². The van der Waals surface area contributed by atoms with Crippen molar-refractivity contribution in [2.45, 2.75) is 31.6 Å². The average Bonchev–Trinajstić information content (AvgIpc) is 2.63. The summed E-state index contributed by atoms with van der Waals surface area (Å²) in [7, 11) is -3.74. The molecule has 2 aromatic carbocycles. The maximum absolute atomic E-state index is 12.8. The van der Waals surface area contributed by atoms with Gasteiger partial charge < -0.3 is 4.90 Å². The van der Waals surface area contributed by atoms with E-state index in [2.05, 4.69) is 11.6 Å². The van der Waals surface area contributed by atoms with E-state index in [1.807, 2.05) is 6.92 Å². The minimum atomic E-state index is -3.74. The Bertz CT molecular complexity index is 934. The summed E-state index contributed by atoms with van der Waals surface area (Å²) < 4.78 is 27.7. The van der Waals surface area contributed by atoms with E-state index >= 15 is 0 Å². The molecule has 3 rings (SSSR count). The molecule has 1 fully saturated rings. The molecule has 1 heterocycles. The van der Waals surface area contributed by atoms with Crippen molar-refractivity contribution in [2.75, 3.05) is 17.8 Å². The number of aryl methyl sites for hydroxylation is 1. The van der Waals surface area contributed by atoms with Crippen LogP contribution in [0.15, 0.2) is 47.4 Å². The second-order valence-electron chi connectivity index (χ2n) is 7.09. The molecule has 1 saturated heterocycles. The average molecular weight is 407 g/mol. The molecule has 0 atom stereocenters. The molecule has 0 unspecified atom stereocenters. The van der Waals surface area contributed by atoms with Crippen molar-refractivity contribution in [1.29, 1.82) is 0 Å². The summed E-state index contributed by atoms with van der Waals surface area (Å²) in [6.45, 7) is 5.45. The number of likely N-dealkylation sites (tertiary alicyclic amines) is 1. The largest absolute Gasteiger partial charge is 0.339 e. The Balaban J connectivity index is 1.82. The van der Waals surface area contributed by atoms with Gasteiger partial charge in [0.2, 0.25) is 0 Å². The Kier molecular flexibility index (Phi) is 5.77. The number of rotatable bonds is 4. The van der Waals surface area contributed by atoms with Gasteiger partial charge in [0.05, 0.1) is 15.5 Å². The zero-order valence-electron chi connectivity index (χ0n) is 15.4. The van der Waals surface area contributed by atoms with Gasteiger partial charge in [0.25, 0.3) is 15.9 Å². The third kappa shape index (κ3) is 4.62. The second kappa shape index (κ2) is 7.90. The highest BCUT2D eigenvalue weighted by atomic mass is 35.5. The predicted octanol–water partition coefficient (Wildman–Crippen LogP) is 4.32. The summed E-state index contributed by atoms with van der Waals surface area (Å²) in [4.78, 5) is 14.8. The highest BCUT2D eigenvalue weighted by Crippen LogP contribution is 2.26. The first kappa shape index (κ1) is 19.7. The standard InChI is InChI=1S/C20H23ClN2O3S/c1-14-3-6-17(7-4-14)27(25,26)22-16-5-8-19(21)18(13-16)20(24)23-11-9-15(2)10-12-23/h3-8,13,15,22H,9-12H2,1-2H3. The Labute approximate surface area is 165 Å². The fourth-order valence-electron chi connectivity index (χ4n) is 3.07. The van der Waals surface area contributed by atoms with E-state index in [-0.39, 0.29) is 10.8 Å². The number of hydrogen-bond donors (Lipinski definition) is 1. The minimum Gasteiger partial charge on any atom is -0.339 e. The zero-order valence-corrected chi connectivity index (χ0v) is 17.0. The zero-order chi connectivity index (χ0) is 19.6. The van der Waals surface area contributed by atoms with E-state index in [9.17, 15) is 13.2 Å². The predicted molar refractivity (Wildman–Crippen MR) is 108 cm³/mol. The number of nitrogens with one attached hydrogen (secondary N) is 1. The SMILES string of the molecule is Cc1ccc(S(=O)(=O)Nc2ccc(Cl)c(C(=O)N3CCC(C)CC3)c2)cc1. The number of sulfonamides is 1. The van der Waals surface area contributed by atoms with Crippen LogP contribution in [-0.2, 0) is 10.0 Å². The normalized spacial score (nSPS) is 15.6. The molecule has 0 radical (unpaired) electrons. The topological polar surface area (TPSA) is 66.5 Å². The number of benzene rings is 2. The quantitative estimate of drug-likeness (QED) is 0.822. The lowest BCUT2D eigenvalue weighted by atomic mass is 9.98. The number of nitrogens with zero attached hydrogens (tertiary/aromatic N) is 1. The van der Waals surface area contributed by atoms with E-state index in [1.54, 1.807) is 41.3 Å². The fourth-order valence-corrected chi connectivity index (χ4v) is 4.31. The fraction of sp³-hybridized carbons (Fsp3) is 0.350. The molecule has 1 amide bonds. The third-order valence-electron chi connectivity index (χ3n) is 4.85. The Morgan fingerprint density at radius 1 is 1.11 bits per heavy atom. The number of carbonyl (C=O) groups excluding carboxylic acids is 1. The molecule has 1 aliphatic rings. The van der Waals surface area contributed by atoms with Gasteiger partial charge in [-0.1, -0.05) is 36.2 Å². The van der Waals surface area contributed by atoms with Crippen LogP contribution in [0.5, 0.6) is 0 Å². The highest BCUT2D eigenvalue weighted by molar-refractivity contribution is 7.92.